The van der Waals surface area contributed by atoms with Crippen LogP contribution in [0.3, 0.4) is 0 Å². The summed E-state index contributed by atoms with van der Waals surface area (Å²) in [5.41, 5.74) is 3.28. The Balaban J connectivity index is 2.12. The van der Waals surface area contributed by atoms with Gasteiger partial charge in [0.1, 0.15) is 0 Å². The van der Waals surface area contributed by atoms with Crippen LogP contribution in [0.25, 0.3) is 11.1 Å². The molecule has 0 saturated heterocycles. The topological polar surface area (TPSA) is 33.3 Å². The van der Waals surface area contributed by atoms with E-state index >= 15 is 0 Å². The van der Waals surface area contributed by atoms with Crippen molar-refractivity contribution in [1.82, 2.24) is 5.32 Å². The van der Waals surface area contributed by atoms with Crippen molar-refractivity contribution in [2.45, 2.75) is 13.0 Å². The Morgan fingerprint density at radius 3 is 2.48 bits per heavy atom. The van der Waals surface area contributed by atoms with E-state index in [2.05, 4.69) is 28.8 Å². The van der Waals surface area contributed by atoms with Crippen LogP contribution in [0.4, 0.5) is 5.69 Å². The molecule has 0 aliphatic heterocycles. The quantitative estimate of drug-likeness (QED) is 0.825. The van der Waals surface area contributed by atoms with Crippen molar-refractivity contribution in [3.05, 3.63) is 54.6 Å². The summed E-state index contributed by atoms with van der Waals surface area (Å²) in [7, 11) is 1.68. The number of anilines is 1. The van der Waals surface area contributed by atoms with Crippen LogP contribution >= 0.6 is 12.2 Å². The van der Waals surface area contributed by atoms with Crippen molar-refractivity contribution >= 4 is 23.0 Å². The Kier molecular flexibility index (Phi) is 5.72. The third kappa shape index (κ3) is 4.55. The Bertz CT molecular complexity index is 586. The molecule has 0 fully saturated rings. The van der Waals surface area contributed by atoms with Gasteiger partial charge in [-0.15, -0.1) is 0 Å². The number of thiocarbonyl (C=S) groups is 1. The molecule has 4 heteroatoms. The van der Waals surface area contributed by atoms with Gasteiger partial charge in [0, 0.05) is 24.4 Å². The van der Waals surface area contributed by atoms with Crippen molar-refractivity contribution in [3.8, 4) is 11.1 Å². The highest BCUT2D eigenvalue weighted by atomic mass is 32.1. The highest BCUT2D eigenvalue weighted by Crippen LogP contribution is 2.27. The van der Waals surface area contributed by atoms with Gasteiger partial charge in [-0.1, -0.05) is 48.5 Å². The fourth-order valence-corrected chi connectivity index (χ4v) is 2.45. The molecule has 110 valence electrons. The van der Waals surface area contributed by atoms with Gasteiger partial charge in [-0.25, -0.2) is 0 Å². The Morgan fingerprint density at radius 2 is 1.76 bits per heavy atom. The monoisotopic (exact) mass is 300 g/mol. The summed E-state index contributed by atoms with van der Waals surface area (Å²) in [5.74, 6) is 0. The lowest BCUT2D eigenvalue weighted by molar-refractivity contribution is 0.179. The highest BCUT2D eigenvalue weighted by Gasteiger charge is 2.07. The molecule has 0 aromatic heterocycles. The van der Waals surface area contributed by atoms with Crippen LogP contribution in [0.5, 0.6) is 0 Å². The molecule has 21 heavy (non-hydrogen) atoms. The molecular formula is C17H20N2OS. The average molecular weight is 300 g/mol. The normalized spacial score (nSPS) is 11.7. The van der Waals surface area contributed by atoms with Crippen molar-refractivity contribution in [2.24, 2.45) is 0 Å². The number of ether oxygens (including phenoxy) is 1. The minimum Gasteiger partial charge on any atom is -0.383 e. The Morgan fingerprint density at radius 1 is 1.10 bits per heavy atom. The minimum atomic E-state index is 0.166. The van der Waals surface area contributed by atoms with E-state index in [9.17, 15) is 0 Å². The molecule has 0 spiro atoms. The summed E-state index contributed by atoms with van der Waals surface area (Å²) in [6.45, 7) is 2.64. The molecule has 0 heterocycles. The number of para-hydroxylation sites is 1. The smallest absolute Gasteiger partial charge is 0.171 e. The van der Waals surface area contributed by atoms with Gasteiger partial charge in [-0.3, -0.25) is 0 Å². The first-order valence-electron chi connectivity index (χ1n) is 6.91. The predicted octanol–water partition coefficient (Wildman–Crippen LogP) is 3.67. The number of methoxy groups -OCH3 is 1. The van der Waals surface area contributed by atoms with E-state index in [4.69, 9.17) is 17.0 Å². The zero-order valence-corrected chi connectivity index (χ0v) is 13.1. The number of nitrogens with one attached hydrogen (secondary N) is 2. The van der Waals surface area contributed by atoms with Crippen molar-refractivity contribution in [2.75, 3.05) is 19.0 Å². The van der Waals surface area contributed by atoms with E-state index in [0.717, 1.165) is 16.8 Å². The molecule has 2 aromatic carbocycles. The largest absolute Gasteiger partial charge is 0.383 e. The predicted molar refractivity (Wildman–Crippen MR) is 92.6 cm³/mol. The fourth-order valence-electron chi connectivity index (χ4n) is 2.14. The van der Waals surface area contributed by atoms with Gasteiger partial charge in [0.2, 0.25) is 0 Å². The highest BCUT2D eigenvalue weighted by molar-refractivity contribution is 7.80. The lowest BCUT2D eigenvalue weighted by atomic mass is 10.0. The molecule has 0 saturated carbocycles. The summed E-state index contributed by atoms with van der Waals surface area (Å²) in [6, 6.07) is 18.5. The van der Waals surface area contributed by atoms with Gasteiger partial charge in [0.15, 0.2) is 5.11 Å². The first-order valence-corrected chi connectivity index (χ1v) is 7.32. The zero-order valence-electron chi connectivity index (χ0n) is 12.3. The van der Waals surface area contributed by atoms with Gasteiger partial charge in [-0.05, 0) is 30.8 Å². The third-order valence-corrected chi connectivity index (χ3v) is 3.27. The molecule has 2 rings (SSSR count). The van der Waals surface area contributed by atoms with E-state index in [1.165, 1.54) is 0 Å². The SMILES string of the molecule is COCC(C)NC(=S)Nc1ccccc1-c1ccccc1. The third-order valence-electron chi connectivity index (χ3n) is 3.05. The van der Waals surface area contributed by atoms with Crippen LogP contribution in [-0.4, -0.2) is 24.9 Å². The maximum Gasteiger partial charge on any atom is 0.171 e. The maximum atomic E-state index is 5.36. The standard InChI is InChI=1S/C17H20N2OS/c1-13(12-20-2)18-17(21)19-16-11-7-6-10-15(16)14-8-4-3-5-9-14/h3-11,13H,12H2,1-2H3,(H2,18,19,21). The summed E-state index contributed by atoms with van der Waals surface area (Å²) in [4.78, 5) is 0. The second-order valence-corrected chi connectivity index (χ2v) is 5.27. The van der Waals surface area contributed by atoms with Crippen LogP contribution < -0.4 is 10.6 Å². The molecule has 2 aromatic rings. The summed E-state index contributed by atoms with van der Waals surface area (Å²) in [6.07, 6.45) is 0. The summed E-state index contributed by atoms with van der Waals surface area (Å²) < 4.78 is 5.10. The molecule has 0 radical (unpaired) electrons. The fraction of sp³-hybridized carbons (Fsp3) is 0.235. The van der Waals surface area contributed by atoms with Crippen LogP contribution in [0.2, 0.25) is 0 Å². The van der Waals surface area contributed by atoms with E-state index < -0.39 is 0 Å². The van der Waals surface area contributed by atoms with E-state index in [-0.39, 0.29) is 6.04 Å². The Hall–Kier alpha value is -1.91. The van der Waals surface area contributed by atoms with Gasteiger partial charge in [0.05, 0.1) is 6.61 Å². The number of benzene rings is 2. The molecule has 0 aliphatic carbocycles. The maximum absolute atomic E-state index is 5.36. The van der Waals surface area contributed by atoms with Gasteiger partial charge in [-0.2, -0.15) is 0 Å². The van der Waals surface area contributed by atoms with E-state index in [1.54, 1.807) is 7.11 Å². The lowest BCUT2D eigenvalue weighted by Gasteiger charge is -2.18. The van der Waals surface area contributed by atoms with E-state index in [1.807, 2.05) is 43.3 Å². The lowest BCUT2D eigenvalue weighted by Crippen LogP contribution is -2.38. The van der Waals surface area contributed by atoms with Crippen molar-refractivity contribution in [1.29, 1.82) is 0 Å². The van der Waals surface area contributed by atoms with E-state index in [0.29, 0.717) is 11.7 Å². The van der Waals surface area contributed by atoms with Crippen LogP contribution in [0.15, 0.2) is 54.6 Å². The average Bonchev–Trinajstić information content (AvgIpc) is 2.48. The second-order valence-electron chi connectivity index (χ2n) is 4.87. The molecule has 0 bridgehead atoms. The number of rotatable bonds is 5. The molecular weight excluding hydrogens is 280 g/mol. The van der Waals surface area contributed by atoms with Crippen molar-refractivity contribution < 1.29 is 4.74 Å². The van der Waals surface area contributed by atoms with Gasteiger partial charge >= 0.3 is 0 Å². The minimum absolute atomic E-state index is 0.166. The van der Waals surface area contributed by atoms with Crippen molar-refractivity contribution in [3.63, 3.8) is 0 Å². The number of hydrogen-bond donors (Lipinski definition) is 2. The van der Waals surface area contributed by atoms with Gasteiger partial charge in [0.25, 0.3) is 0 Å². The molecule has 1 atom stereocenters. The van der Waals surface area contributed by atoms with Crippen LogP contribution in [0, 0.1) is 0 Å². The summed E-state index contributed by atoms with van der Waals surface area (Å²) in [5, 5.41) is 7.07. The first kappa shape index (κ1) is 15.5. The second kappa shape index (κ2) is 7.76. The molecule has 0 amide bonds. The first-order chi connectivity index (χ1) is 10.2. The summed E-state index contributed by atoms with van der Waals surface area (Å²) >= 11 is 5.36. The van der Waals surface area contributed by atoms with Crippen LogP contribution in [0.1, 0.15) is 6.92 Å². The Labute approximate surface area is 131 Å². The molecule has 1 unspecified atom stereocenters. The van der Waals surface area contributed by atoms with Gasteiger partial charge < -0.3 is 15.4 Å². The number of hydrogen-bond acceptors (Lipinski definition) is 2. The molecule has 3 nitrogen and oxygen atoms in total. The molecule has 2 N–H and O–H groups in total. The molecule has 0 aliphatic rings. The zero-order chi connectivity index (χ0) is 15.1. The van der Waals surface area contributed by atoms with Crippen LogP contribution in [-0.2, 0) is 4.74 Å².